The second-order valence-electron chi connectivity index (χ2n) is 6.09. The Morgan fingerprint density at radius 2 is 2.00 bits per heavy atom. The molecule has 0 saturated heterocycles. The number of nitrogens with one attached hydrogen (secondary N) is 1. The molecule has 0 radical (unpaired) electrons. The largest absolute Gasteiger partial charge is 0.388 e. The molecule has 0 aliphatic rings. The molecule has 1 aromatic carbocycles. The molecule has 1 amide bonds. The van der Waals surface area contributed by atoms with Gasteiger partial charge in [0, 0.05) is 13.0 Å². The molecule has 0 fully saturated rings. The van der Waals surface area contributed by atoms with Crippen LogP contribution in [0.15, 0.2) is 30.3 Å². The summed E-state index contributed by atoms with van der Waals surface area (Å²) in [6.07, 6.45) is 0.827. The van der Waals surface area contributed by atoms with Crippen molar-refractivity contribution in [2.24, 2.45) is 5.92 Å². The first-order valence-corrected chi connectivity index (χ1v) is 8.76. The topological polar surface area (TPSA) is 62.2 Å². The van der Waals surface area contributed by atoms with Gasteiger partial charge in [-0.1, -0.05) is 44.2 Å². The number of carbonyl (C=O) groups excluding carboxylic acids is 1. The first-order valence-electron chi connectivity index (χ1n) is 7.95. The second kappa shape index (κ2) is 8.22. The Bertz CT molecular complexity index is 638. The standard InChI is InChI=1S/C18H24N2O2S/c1-12(2)11-16-20-13(3)17(23-16)18(22)19-10-9-15(21)14-7-5-4-6-8-14/h4-8,12,15,21H,9-11H2,1-3H3,(H,19,22). The maximum absolute atomic E-state index is 12.3. The number of rotatable bonds is 7. The van der Waals surface area contributed by atoms with E-state index in [9.17, 15) is 9.90 Å². The van der Waals surface area contributed by atoms with E-state index >= 15 is 0 Å². The van der Waals surface area contributed by atoms with Crippen molar-refractivity contribution in [1.82, 2.24) is 10.3 Å². The Kier molecular flexibility index (Phi) is 6.30. The lowest BCUT2D eigenvalue weighted by Crippen LogP contribution is -2.25. The van der Waals surface area contributed by atoms with E-state index in [-0.39, 0.29) is 5.91 Å². The Morgan fingerprint density at radius 3 is 2.65 bits per heavy atom. The monoisotopic (exact) mass is 332 g/mol. The van der Waals surface area contributed by atoms with Gasteiger partial charge in [0.2, 0.25) is 0 Å². The van der Waals surface area contributed by atoms with Crippen LogP contribution in [-0.2, 0) is 6.42 Å². The number of nitrogens with zero attached hydrogens (tertiary/aromatic N) is 1. The maximum Gasteiger partial charge on any atom is 0.263 e. The molecular weight excluding hydrogens is 308 g/mol. The zero-order valence-electron chi connectivity index (χ0n) is 13.9. The molecule has 2 rings (SSSR count). The van der Waals surface area contributed by atoms with Crippen molar-refractivity contribution in [1.29, 1.82) is 0 Å². The number of aliphatic hydroxyl groups is 1. The fourth-order valence-corrected chi connectivity index (χ4v) is 3.54. The van der Waals surface area contributed by atoms with Crippen LogP contribution in [0.2, 0.25) is 0 Å². The van der Waals surface area contributed by atoms with Gasteiger partial charge in [-0.25, -0.2) is 4.98 Å². The molecule has 1 unspecified atom stereocenters. The number of thiazole rings is 1. The number of aliphatic hydroxyl groups excluding tert-OH is 1. The third-order valence-electron chi connectivity index (χ3n) is 3.52. The van der Waals surface area contributed by atoms with Gasteiger partial charge < -0.3 is 10.4 Å². The predicted octanol–water partition coefficient (Wildman–Crippen LogP) is 3.50. The normalized spacial score (nSPS) is 12.4. The third kappa shape index (κ3) is 5.15. The lowest BCUT2D eigenvalue weighted by Gasteiger charge is -2.11. The lowest BCUT2D eigenvalue weighted by molar-refractivity contribution is 0.0946. The average molecular weight is 332 g/mol. The third-order valence-corrected chi connectivity index (χ3v) is 4.70. The van der Waals surface area contributed by atoms with E-state index in [4.69, 9.17) is 0 Å². The summed E-state index contributed by atoms with van der Waals surface area (Å²) in [6.45, 7) is 6.59. The minimum Gasteiger partial charge on any atom is -0.388 e. The van der Waals surface area contributed by atoms with Crippen molar-refractivity contribution in [3.05, 3.63) is 51.5 Å². The zero-order chi connectivity index (χ0) is 16.8. The minimum absolute atomic E-state index is 0.102. The Hall–Kier alpha value is -1.72. The van der Waals surface area contributed by atoms with E-state index in [1.165, 1.54) is 11.3 Å². The molecule has 0 spiro atoms. The molecule has 4 nitrogen and oxygen atoms in total. The predicted molar refractivity (Wildman–Crippen MR) is 93.7 cm³/mol. The van der Waals surface area contributed by atoms with E-state index in [0.717, 1.165) is 22.7 Å². The molecule has 0 aliphatic carbocycles. The number of hydrogen-bond acceptors (Lipinski definition) is 4. The summed E-state index contributed by atoms with van der Waals surface area (Å²) in [5, 5.41) is 14.0. The summed E-state index contributed by atoms with van der Waals surface area (Å²) in [6, 6.07) is 9.48. The number of aromatic nitrogens is 1. The number of aryl methyl sites for hydroxylation is 1. The fourth-order valence-electron chi connectivity index (χ4n) is 2.34. The Balaban J connectivity index is 1.86. The molecule has 1 aromatic heterocycles. The number of hydrogen-bond donors (Lipinski definition) is 2. The zero-order valence-corrected chi connectivity index (χ0v) is 14.7. The summed E-state index contributed by atoms with van der Waals surface area (Å²) in [4.78, 5) is 17.4. The van der Waals surface area contributed by atoms with Crippen LogP contribution in [0.3, 0.4) is 0 Å². The van der Waals surface area contributed by atoms with E-state index in [2.05, 4.69) is 24.1 Å². The highest BCUT2D eigenvalue weighted by Crippen LogP contribution is 2.21. The molecule has 0 aliphatic heterocycles. The van der Waals surface area contributed by atoms with Crippen LogP contribution in [0.25, 0.3) is 0 Å². The molecule has 0 saturated carbocycles. The molecule has 23 heavy (non-hydrogen) atoms. The highest BCUT2D eigenvalue weighted by atomic mass is 32.1. The van der Waals surface area contributed by atoms with E-state index in [1.54, 1.807) is 0 Å². The van der Waals surface area contributed by atoms with Crippen LogP contribution in [0.1, 0.15) is 52.3 Å². The number of benzene rings is 1. The number of carbonyl (C=O) groups is 1. The van der Waals surface area contributed by atoms with Crippen molar-refractivity contribution in [2.75, 3.05) is 6.54 Å². The lowest BCUT2D eigenvalue weighted by atomic mass is 10.1. The quantitative estimate of drug-likeness (QED) is 0.816. The summed E-state index contributed by atoms with van der Waals surface area (Å²) in [7, 11) is 0. The summed E-state index contributed by atoms with van der Waals surface area (Å²) in [5.41, 5.74) is 1.65. The van der Waals surface area contributed by atoms with Crippen molar-refractivity contribution in [3.63, 3.8) is 0 Å². The molecule has 2 N–H and O–H groups in total. The van der Waals surface area contributed by atoms with Crippen LogP contribution < -0.4 is 5.32 Å². The molecule has 2 aromatic rings. The van der Waals surface area contributed by atoms with Crippen molar-refractivity contribution in [3.8, 4) is 0 Å². The van der Waals surface area contributed by atoms with Gasteiger partial charge in [-0.05, 0) is 24.8 Å². The highest BCUT2D eigenvalue weighted by Gasteiger charge is 2.16. The van der Waals surface area contributed by atoms with Crippen molar-refractivity contribution < 1.29 is 9.90 Å². The molecule has 0 bridgehead atoms. The van der Waals surface area contributed by atoms with Crippen LogP contribution >= 0.6 is 11.3 Å². The molecule has 1 atom stereocenters. The van der Waals surface area contributed by atoms with E-state index in [1.807, 2.05) is 37.3 Å². The number of amides is 1. The minimum atomic E-state index is -0.560. The Labute approximate surface area is 141 Å². The van der Waals surface area contributed by atoms with Gasteiger partial charge in [-0.15, -0.1) is 11.3 Å². The van der Waals surface area contributed by atoms with Crippen LogP contribution in [0.4, 0.5) is 0 Å². The second-order valence-corrected chi connectivity index (χ2v) is 7.17. The SMILES string of the molecule is Cc1nc(CC(C)C)sc1C(=O)NCCC(O)c1ccccc1. The van der Waals surface area contributed by atoms with Crippen LogP contribution in [-0.4, -0.2) is 22.5 Å². The first-order chi connectivity index (χ1) is 11.0. The summed E-state index contributed by atoms with van der Waals surface area (Å²) in [5.74, 6) is 0.424. The van der Waals surface area contributed by atoms with Gasteiger partial charge in [0.15, 0.2) is 0 Å². The van der Waals surface area contributed by atoms with Crippen LogP contribution in [0, 0.1) is 12.8 Å². The summed E-state index contributed by atoms with van der Waals surface area (Å²) >= 11 is 1.47. The van der Waals surface area contributed by atoms with Gasteiger partial charge in [0.1, 0.15) is 4.88 Å². The fraction of sp³-hybridized carbons (Fsp3) is 0.444. The molecular formula is C18H24N2O2S. The maximum atomic E-state index is 12.3. The van der Waals surface area contributed by atoms with Crippen LogP contribution in [0.5, 0.6) is 0 Å². The van der Waals surface area contributed by atoms with Crippen molar-refractivity contribution >= 4 is 17.2 Å². The van der Waals surface area contributed by atoms with Gasteiger partial charge in [0.25, 0.3) is 5.91 Å². The molecule has 1 heterocycles. The first kappa shape index (κ1) is 17.6. The smallest absolute Gasteiger partial charge is 0.263 e. The van der Waals surface area contributed by atoms with Crippen molar-refractivity contribution in [2.45, 2.75) is 39.7 Å². The van der Waals surface area contributed by atoms with E-state index in [0.29, 0.717) is 23.8 Å². The van der Waals surface area contributed by atoms with Gasteiger partial charge in [0.05, 0.1) is 16.8 Å². The molecule has 124 valence electrons. The summed E-state index contributed by atoms with van der Waals surface area (Å²) < 4.78 is 0. The average Bonchev–Trinajstić information content (AvgIpc) is 2.87. The highest BCUT2D eigenvalue weighted by molar-refractivity contribution is 7.13. The van der Waals surface area contributed by atoms with Gasteiger partial charge >= 0.3 is 0 Å². The van der Waals surface area contributed by atoms with Gasteiger partial charge in [-0.2, -0.15) is 0 Å². The van der Waals surface area contributed by atoms with Gasteiger partial charge in [-0.3, -0.25) is 4.79 Å². The Morgan fingerprint density at radius 1 is 1.30 bits per heavy atom. The molecule has 5 heteroatoms. The van der Waals surface area contributed by atoms with E-state index < -0.39 is 6.10 Å².